The standard InChI is InChI=1S/C12H16ClF3N6/c1-6(2)22-9(13)7(5-20-22)12(17)19-4-8(11(14,15)16)10(18-3)21-12/h4-6,18,21H,17H2,1-3H3. The van der Waals surface area contributed by atoms with Gasteiger partial charge in [0.2, 0.25) is 5.79 Å². The van der Waals surface area contributed by atoms with Gasteiger partial charge in [0.25, 0.3) is 0 Å². The van der Waals surface area contributed by atoms with Crippen molar-refractivity contribution in [1.29, 1.82) is 0 Å². The molecule has 2 rings (SSSR count). The molecule has 22 heavy (non-hydrogen) atoms. The van der Waals surface area contributed by atoms with E-state index in [2.05, 4.69) is 20.7 Å². The molecule has 0 saturated heterocycles. The van der Waals surface area contributed by atoms with Crippen molar-refractivity contribution in [2.45, 2.75) is 31.9 Å². The smallest absolute Gasteiger partial charge is 0.374 e. The van der Waals surface area contributed by atoms with E-state index in [1.807, 2.05) is 13.8 Å². The van der Waals surface area contributed by atoms with Crippen LogP contribution in [0.4, 0.5) is 13.2 Å². The lowest BCUT2D eigenvalue weighted by molar-refractivity contribution is -0.0875. The molecule has 1 aliphatic rings. The van der Waals surface area contributed by atoms with E-state index >= 15 is 0 Å². The minimum atomic E-state index is -4.55. The summed E-state index contributed by atoms with van der Waals surface area (Å²) in [5.41, 5.74) is 5.42. The van der Waals surface area contributed by atoms with Crippen molar-refractivity contribution in [3.8, 4) is 0 Å². The summed E-state index contributed by atoms with van der Waals surface area (Å²) >= 11 is 6.21. The largest absolute Gasteiger partial charge is 0.421 e. The molecule has 0 radical (unpaired) electrons. The van der Waals surface area contributed by atoms with Crippen LogP contribution in [0.25, 0.3) is 0 Å². The van der Waals surface area contributed by atoms with Gasteiger partial charge < -0.3 is 10.6 Å². The molecule has 1 aliphatic heterocycles. The third-order valence-electron chi connectivity index (χ3n) is 3.17. The predicted molar refractivity (Wildman–Crippen MR) is 77.3 cm³/mol. The number of nitrogens with one attached hydrogen (secondary N) is 2. The number of rotatable bonds is 3. The molecule has 0 saturated carbocycles. The maximum Gasteiger partial charge on any atom is 0.421 e. The number of hydrogen-bond acceptors (Lipinski definition) is 5. The average Bonchev–Trinajstić information content (AvgIpc) is 2.79. The van der Waals surface area contributed by atoms with Gasteiger partial charge in [0.15, 0.2) is 0 Å². The van der Waals surface area contributed by atoms with Gasteiger partial charge in [-0.2, -0.15) is 18.3 Å². The molecule has 122 valence electrons. The van der Waals surface area contributed by atoms with E-state index in [9.17, 15) is 13.2 Å². The number of aliphatic imine (C=N–C) groups is 1. The van der Waals surface area contributed by atoms with Gasteiger partial charge in [-0.05, 0) is 13.8 Å². The first kappa shape index (κ1) is 16.6. The second-order valence-corrected chi connectivity index (χ2v) is 5.43. The molecule has 1 aromatic heterocycles. The van der Waals surface area contributed by atoms with E-state index < -0.39 is 17.5 Å². The summed E-state index contributed by atoms with van der Waals surface area (Å²) in [6.07, 6.45) is -2.48. The zero-order valence-corrected chi connectivity index (χ0v) is 12.9. The van der Waals surface area contributed by atoms with Crippen molar-refractivity contribution >= 4 is 17.8 Å². The molecule has 1 atom stereocenters. The number of aromatic nitrogens is 2. The van der Waals surface area contributed by atoms with E-state index in [1.165, 1.54) is 17.9 Å². The Morgan fingerprint density at radius 1 is 1.45 bits per heavy atom. The monoisotopic (exact) mass is 336 g/mol. The zero-order chi connectivity index (χ0) is 16.7. The predicted octanol–water partition coefficient (Wildman–Crippen LogP) is 1.85. The zero-order valence-electron chi connectivity index (χ0n) is 12.2. The van der Waals surface area contributed by atoms with E-state index in [0.29, 0.717) is 6.21 Å². The maximum atomic E-state index is 12.9. The van der Waals surface area contributed by atoms with Gasteiger partial charge in [-0.1, -0.05) is 11.6 Å². The first-order valence-electron chi connectivity index (χ1n) is 6.45. The Labute approximate surface area is 130 Å². The first-order chi connectivity index (χ1) is 10.1. The molecular weight excluding hydrogens is 321 g/mol. The number of alkyl halides is 3. The third-order valence-corrected chi connectivity index (χ3v) is 3.55. The molecule has 1 aromatic rings. The van der Waals surface area contributed by atoms with Crippen LogP contribution in [-0.4, -0.2) is 29.2 Å². The molecule has 0 aromatic carbocycles. The fraction of sp³-hybridized carbons (Fsp3) is 0.500. The van der Waals surface area contributed by atoms with Crippen LogP contribution in [0.1, 0.15) is 25.5 Å². The molecule has 0 amide bonds. The Balaban J connectivity index is 2.44. The molecular formula is C12H16ClF3N6. The average molecular weight is 337 g/mol. The molecule has 1 unspecified atom stereocenters. The van der Waals surface area contributed by atoms with Crippen LogP contribution >= 0.6 is 11.6 Å². The summed E-state index contributed by atoms with van der Waals surface area (Å²) < 4.78 is 40.2. The SMILES string of the molecule is CNC1=C(C(F)(F)F)C=NC(N)(c2cnn(C(C)C)c2Cl)N1. The Bertz CT molecular complexity index is 633. The van der Waals surface area contributed by atoms with Crippen molar-refractivity contribution in [2.24, 2.45) is 10.7 Å². The van der Waals surface area contributed by atoms with E-state index in [1.54, 1.807) is 0 Å². The second-order valence-electron chi connectivity index (χ2n) is 5.07. The highest BCUT2D eigenvalue weighted by Gasteiger charge is 2.42. The summed E-state index contributed by atoms with van der Waals surface area (Å²) in [7, 11) is 1.35. The lowest BCUT2D eigenvalue weighted by Crippen LogP contribution is -2.53. The molecule has 0 fully saturated rings. The number of halogens is 4. The molecule has 0 spiro atoms. The fourth-order valence-electron chi connectivity index (χ4n) is 2.03. The van der Waals surface area contributed by atoms with Crippen molar-refractivity contribution in [3.63, 3.8) is 0 Å². The van der Waals surface area contributed by atoms with E-state index in [4.69, 9.17) is 17.3 Å². The third kappa shape index (κ3) is 2.78. The molecule has 6 nitrogen and oxygen atoms in total. The van der Waals surface area contributed by atoms with Crippen molar-refractivity contribution in [1.82, 2.24) is 20.4 Å². The molecule has 10 heteroatoms. The summed E-state index contributed by atoms with van der Waals surface area (Å²) in [5, 5.41) is 9.28. The lowest BCUT2D eigenvalue weighted by Gasteiger charge is -2.32. The summed E-state index contributed by atoms with van der Waals surface area (Å²) in [5.74, 6) is -1.91. The van der Waals surface area contributed by atoms with Crippen molar-refractivity contribution in [2.75, 3.05) is 7.05 Å². The van der Waals surface area contributed by atoms with Gasteiger partial charge in [0.05, 0.1) is 11.8 Å². The molecule has 0 bridgehead atoms. The minimum absolute atomic E-state index is 0.0255. The number of nitrogens with zero attached hydrogens (tertiary/aromatic N) is 3. The Morgan fingerprint density at radius 3 is 2.55 bits per heavy atom. The number of nitrogens with two attached hydrogens (primary N) is 1. The van der Waals surface area contributed by atoms with Crippen LogP contribution in [0, 0.1) is 0 Å². The van der Waals surface area contributed by atoms with Crippen LogP contribution in [0.2, 0.25) is 5.15 Å². The number of hydrogen-bond donors (Lipinski definition) is 3. The van der Waals surface area contributed by atoms with Gasteiger partial charge in [0.1, 0.15) is 16.5 Å². The summed E-state index contributed by atoms with van der Waals surface area (Å²) in [6.45, 7) is 3.73. The van der Waals surface area contributed by atoms with Gasteiger partial charge in [-0.3, -0.25) is 10.4 Å². The highest BCUT2D eigenvalue weighted by Crippen LogP contribution is 2.33. The summed E-state index contributed by atoms with van der Waals surface area (Å²) in [4.78, 5) is 3.80. The highest BCUT2D eigenvalue weighted by molar-refractivity contribution is 6.30. The van der Waals surface area contributed by atoms with Crippen molar-refractivity contribution in [3.05, 3.63) is 28.3 Å². The van der Waals surface area contributed by atoms with Crippen LogP contribution in [0.5, 0.6) is 0 Å². The van der Waals surface area contributed by atoms with Gasteiger partial charge in [0, 0.05) is 19.3 Å². The van der Waals surface area contributed by atoms with Crippen LogP contribution in [-0.2, 0) is 5.79 Å². The lowest BCUT2D eigenvalue weighted by atomic mass is 10.1. The van der Waals surface area contributed by atoms with Crippen LogP contribution in [0.15, 0.2) is 22.6 Å². The highest BCUT2D eigenvalue weighted by atomic mass is 35.5. The van der Waals surface area contributed by atoms with Gasteiger partial charge in [-0.15, -0.1) is 0 Å². The second kappa shape index (κ2) is 5.47. The van der Waals surface area contributed by atoms with E-state index in [0.717, 1.165) is 0 Å². The quantitative estimate of drug-likeness (QED) is 0.787. The van der Waals surface area contributed by atoms with Crippen molar-refractivity contribution < 1.29 is 13.2 Å². The Hall–Kier alpha value is -1.74. The van der Waals surface area contributed by atoms with E-state index in [-0.39, 0.29) is 22.6 Å². The Kier molecular flexibility index (Phi) is 4.14. The molecule has 0 aliphatic carbocycles. The Morgan fingerprint density at radius 2 is 2.09 bits per heavy atom. The fourth-order valence-corrected chi connectivity index (χ4v) is 2.46. The summed E-state index contributed by atoms with van der Waals surface area (Å²) in [6, 6.07) is -0.0255. The number of allylic oxidation sites excluding steroid dienone is 1. The topological polar surface area (TPSA) is 80.3 Å². The van der Waals surface area contributed by atoms with Crippen LogP contribution < -0.4 is 16.4 Å². The maximum absolute atomic E-state index is 12.9. The van der Waals surface area contributed by atoms with Crippen LogP contribution in [0.3, 0.4) is 0 Å². The molecule has 4 N–H and O–H groups in total. The molecule has 2 heterocycles. The minimum Gasteiger partial charge on any atom is -0.374 e. The first-order valence-corrected chi connectivity index (χ1v) is 6.83. The van der Waals surface area contributed by atoms with Gasteiger partial charge in [-0.25, -0.2) is 4.99 Å². The normalized spacial score (nSPS) is 22.2. The van der Waals surface area contributed by atoms with Gasteiger partial charge >= 0.3 is 6.18 Å².